The molecule has 0 aliphatic carbocycles. The third-order valence-corrected chi connectivity index (χ3v) is 2.81. The highest BCUT2D eigenvalue weighted by molar-refractivity contribution is 9.11. The zero-order chi connectivity index (χ0) is 10.3. The highest BCUT2D eigenvalue weighted by Gasteiger charge is 2.23. The quantitative estimate of drug-likeness (QED) is 0.595. The lowest BCUT2D eigenvalue weighted by atomic mass is 10.3. The van der Waals surface area contributed by atoms with Crippen molar-refractivity contribution in [3.05, 3.63) is 25.1 Å². The van der Waals surface area contributed by atoms with Crippen LogP contribution in [0.2, 0.25) is 0 Å². The second kappa shape index (κ2) is 3.28. The Bertz CT molecular complexity index is 524. The molecule has 0 N–H and O–H groups in total. The lowest BCUT2D eigenvalue weighted by molar-refractivity contribution is -0.384. The van der Waals surface area contributed by atoms with Gasteiger partial charge in [0.25, 0.3) is 0 Å². The van der Waals surface area contributed by atoms with Crippen molar-refractivity contribution in [2.75, 3.05) is 0 Å². The van der Waals surface area contributed by atoms with Gasteiger partial charge in [-0.3, -0.25) is 10.1 Å². The standard InChI is InChI=1S/C6HBr2N3O3/c7-2-1-3(8)6(11(12)13)5-4(2)9-14-10-5/h1H. The van der Waals surface area contributed by atoms with Gasteiger partial charge in [0.05, 0.1) is 13.9 Å². The van der Waals surface area contributed by atoms with Crippen molar-refractivity contribution in [1.29, 1.82) is 0 Å². The molecule has 0 amide bonds. The molecular weight excluding hydrogens is 322 g/mol. The molecule has 1 aromatic heterocycles. The van der Waals surface area contributed by atoms with Gasteiger partial charge in [0.1, 0.15) is 0 Å². The van der Waals surface area contributed by atoms with Gasteiger partial charge in [-0.05, 0) is 48.2 Å². The van der Waals surface area contributed by atoms with Gasteiger partial charge in [-0.15, -0.1) is 0 Å². The fourth-order valence-electron chi connectivity index (χ4n) is 1.04. The van der Waals surface area contributed by atoms with E-state index in [2.05, 4.69) is 46.8 Å². The number of hydrogen-bond donors (Lipinski definition) is 0. The second-order valence-electron chi connectivity index (χ2n) is 2.41. The number of benzene rings is 1. The molecule has 0 radical (unpaired) electrons. The van der Waals surface area contributed by atoms with E-state index in [4.69, 9.17) is 0 Å². The van der Waals surface area contributed by atoms with Crippen LogP contribution in [0.25, 0.3) is 11.0 Å². The summed E-state index contributed by atoms with van der Waals surface area (Å²) in [5.74, 6) is 0. The first-order valence-corrected chi connectivity index (χ1v) is 4.94. The van der Waals surface area contributed by atoms with Crippen molar-refractivity contribution in [3.8, 4) is 0 Å². The summed E-state index contributed by atoms with van der Waals surface area (Å²) in [7, 11) is 0. The molecule has 0 bridgehead atoms. The van der Waals surface area contributed by atoms with Gasteiger partial charge in [0.2, 0.25) is 5.52 Å². The van der Waals surface area contributed by atoms with Crippen LogP contribution in [-0.4, -0.2) is 15.2 Å². The van der Waals surface area contributed by atoms with Crippen molar-refractivity contribution >= 4 is 48.6 Å². The van der Waals surface area contributed by atoms with Crippen molar-refractivity contribution in [1.82, 2.24) is 10.3 Å². The molecule has 1 aromatic carbocycles. The van der Waals surface area contributed by atoms with E-state index in [1.54, 1.807) is 0 Å². The smallest absolute Gasteiger partial charge is 0.258 e. The Morgan fingerprint density at radius 2 is 1.93 bits per heavy atom. The van der Waals surface area contributed by atoms with E-state index in [0.29, 0.717) is 14.5 Å². The van der Waals surface area contributed by atoms with Crippen LogP contribution < -0.4 is 0 Å². The van der Waals surface area contributed by atoms with Crippen LogP contribution in [0.1, 0.15) is 0 Å². The van der Waals surface area contributed by atoms with Crippen molar-refractivity contribution < 1.29 is 9.55 Å². The van der Waals surface area contributed by atoms with E-state index in [9.17, 15) is 10.1 Å². The van der Waals surface area contributed by atoms with E-state index in [-0.39, 0.29) is 11.2 Å². The fourth-order valence-corrected chi connectivity index (χ4v) is 2.39. The van der Waals surface area contributed by atoms with Crippen LogP contribution >= 0.6 is 31.9 Å². The molecule has 6 nitrogen and oxygen atoms in total. The molecule has 8 heteroatoms. The molecule has 14 heavy (non-hydrogen) atoms. The van der Waals surface area contributed by atoms with Crippen LogP contribution in [0.4, 0.5) is 5.69 Å². The van der Waals surface area contributed by atoms with Crippen molar-refractivity contribution in [3.63, 3.8) is 0 Å². The first-order chi connectivity index (χ1) is 6.61. The maximum absolute atomic E-state index is 10.7. The van der Waals surface area contributed by atoms with Crippen LogP contribution in [0.15, 0.2) is 19.6 Å². The van der Waals surface area contributed by atoms with E-state index >= 15 is 0 Å². The van der Waals surface area contributed by atoms with Gasteiger partial charge in [-0.2, -0.15) is 0 Å². The maximum atomic E-state index is 10.7. The summed E-state index contributed by atoms with van der Waals surface area (Å²) in [6.07, 6.45) is 0. The number of nitro benzene ring substituents is 1. The number of hydrogen-bond acceptors (Lipinski definition) is 5. The second-order valence-corrected chi connectivity index (χ2v) is 4.12. The Labute approximate surface area is 93.6 Å². The molecule has 0 saturated heterocycles. The van der Waals surface area contributed by atoms with Gasteiger partial charge < -0.3 is 0 Å². The predicted molar refractivity (Wildman–Crippen MR) is 53.9 cm³/mol. The molecule has 2 aromatic rings. The van der Waals surface area contributed by atoms with E-state index in [1.807, 2.05) is 0 Å². The molecule has 0 aliphatic heterocycles. The molecular formula is C6HBr2N3O3. The third kappa shape index (κ3) is 1.30. The van der Waals surface area contributed by atoms with Gasteiger partial charge in [0, 0.05) is 0 Å². The van der Waals surface area contributed by atoms with E-state index in [0.717, 1.165) is 0 Å². The summed E-state index contributed by atoms with van der Waals surface area (Å²) in [5, 5.41) is 17.7. The predicted octanol–water partition coefficient (Wildman–Crippen LogP) is 2.66. The van der Waals surface area contributed by atoms with Gasteiger partial charge >= 0.3 is 5.69 Å². The molecule has 0 saturated carbocycles. The van der Waals surface area contributed by atoms with Crippen molar-refractivity contribution in [2.45, 2.75) is 0 Å². The Morgan fingerprint density at radius 3 is 2.57 bits per heavy atom. The van der Waals surface area contributed by atoms with Crippen LogP contribution in [0.5, 0.6) is 0 Å². The number of halogens is 2. The maximum Gasteiger partial charge on any atom is 0.314 e. The SMILES string of the molecule is O=[N+]([O-])c1c(Br)cc(Br)c2nonc12. The number of fused-ring (bicyclic) bond motifs is 1. The summed E-state index contributed by atoms with van der Waals surface area (Å²) in [5.41, 5.74) is 0.306. The van der Waals surface area contributed by atoms with Gasteiger partial charge in [-0.1, -0.05) is 0 Å². The lowest BCUT2D eigenvalue weighted by Crippen LogP contribution is -1.91. The molecule has 1 heterocycles. The summed E-state index contributed by atoms with van der Waals surface area (Å²) < 4.78 is 5.36. The minimum Gasteiger partial charge on any atom is -0.258 e. The average molecular weight is 323 g/mol. The topological polar surface area (TPSA) is 82.1 Å². The Hall–Kier alpha value is -1.02. The zero-order valence-corrected chi connectivity index (χ0v) is 9.57. The normalized spacial score (nSPS) is 10.7. The molecule has 72 valence electrons. The molecule has 0 aliphatic rings. The Balaban J connectivity index is 2.93. The molecule has 2 rings (SSSR count). The Kier molecular flexibility index (Phi) is 2.23. The number of aromatic nitrogens is 2. The molecule has 0 atom stereocenters. The average Bonchev–Trinajstić information content (AvgIpc) is 2.51. The lowest BCUT2D eigenvalue weighted by Gasteiger charge is -1.95. The first-order valence-electron chi connectivity index (χ1n) is 3.36. The summed E-state index contributed by atoms with van der Waals surface area (Å²) in [6.45, 7) is 0. The van der Waals surface area contributed by atoms with E-state index < -0.39 is 4.92 Å². The Morgan fingerprint density at radius 1 is 1.29 bits per heavy atom. The number of nitrogens with zero attached hydrogens (tertiary/aromatic N) is 3. The number of nitro groups is 1. The third-order valence-electron chi connectivity index (χ3n) is 1.60. The summed E-state index contributed by atoms with van der Waals surface area (Å²) >= 11 is 6.27. The fraction of sp³-hybridized carbons (Fsp3) is 0. The van der Waals surface area contributed by atoms with Gasteiger partial charge in [0.15, 0.2) is 5.52 Å². The minimum absolute atomic E-state index is 0.122. The highest BCUT2D eigenvalue weighted by atomic mass is 79.9. The van der Waals surface area contributed by atoms with Crippen molar-refractivity contribution in [2.24, 2.45) is 0 Å². The van der Waals surface area contributed by atoms with Crippen LogP contribution in [0, 0.1) is 10.1 Å². The molecule has 0 spiro atoms. The van der Waals surface area contributed by atoms with Crippen LogP contribution in [-0.2, 0) is 0 Å². The zero-order valence-electron chi connectivity index (χ0n) is 6.40. The monoisotopic (exact) mass is 321 g/mol. The number of rotatable bonds is 1. The molecule has 0 fully saturated rings. The largest absolute Gasteiger partial charge is 0.314 e. The first kappa shape index (κ1) is 9.53. The summed E-state index contributed by atoms with van der Waals surface area (Å²) in [4.78, 5) is 10.2. The van der Waals surface area contributed by atoms with Crippen LogP contribution in [0.3, 0.4) is 0 Å². The van der Waals surface area contributed by atoms with E-state index in [1.165, 1.54) is 6.07 Å². The van der Waals surface area contributed by atoms with Gasteiger partial charge in [-0.25, -0.2) is 4.63 Å². The minimum atomic E-state index is -0.539. The highest BCUT2D eigenvalue weighted by Crippen LogP contribution is 2.35. The summed E-state index contributed by atoms with van der Waals surface area (Å²) in [6, 6.07) is 1.53. The molecule has 0 unspecified atom stereocenters.